The number of halogens is 1. The fourth-order valence-electron chi connectivity index (χ4n) is 3.25. The molecule has 3 rings (SSSR count). The lowest BCUT2D eigenvalue weighted by Gasteiger charge is -2.08. The van der Waals surface area contributed by atoms with E-state index in [1.807, 2.05) is 24.3 Å². The zero-order valence-electron chi connectivity index (χ0n) is 17.7. The van der Waals surface area contributed by atoms with E-state index in [1.165, 1.54) is 44.2 Å². The van der Waals surface area contributed by atoms with E-state index in [9.17, 15) is 4.39 Å². The quantitative estimate of drug-likeness (QED) is 0.235. The van der Waals surface area contributed by atoms with Crippen LogP contribution in [0.3, 0.4) is 0 Å². The molecule has 0 aliphatic rings. The van der Waals surface area contributed by atoms with E-state index < -0.39 is 0 Å². The van der Waals surface area contributed by atoms with E-state index >= 15 is 0 Å². The van der Waals surface area contributed by atoms with Gasteiger partial charge in [0, 0.05) is 6.21 Å². The van der Waals surface area contributed by atoms with Crippen molar-refractivity contribution in [2.24, 2.45) is 4.99 Å². The molecule has 0 atom stereocenters. The zero-order valence-corrected chi connectivity index (χ0v) is 17.7. The van der Waals surface area contributed by atoms with Gasteiger partial charge in [0.05, 0.1) is 12.3 Å². The maximum atomic E-state index is 13.0. The van der Waals surface area contributed by atoms with Gasteiger partial charge in [-0.3, -0.25) is 4.99 Å². The van der Waals surface area contributed by atoms with Gasteiger partial charge < -0.3 is 4.74 Å². The van der Waals surface area contributed by atoms with Crippen LogP contribution in [0.1, 0.15) is 51.0 Å². The highest BCUT2D eigenvalue weighted by Gasteiger charge is 2.00. The molecule has 0 aliphatic carbocycles. The van der Waals surface area contributed by atoms with E-state index in [1.54, 1.807) is 18.3 Å². The topological polar surface area (TPSA) is 21.6 Å². The summed E-state index contributed by atoms with van der Waals surface area (Å²) in [6.07, 6.45) is 9.37. The van der Waals surface area contributed by atoms with Gasteiger partial charge in [0.2, 0.25) is 0 Å². The molecule has 3 aromatic rings. The minimum Gasteiger partial charge on any atom is -0.494 e. The van der Waals surface area contributed by atoms with Gasteiger partial charge >= 0.3 is 0 Å². The molecular formula is C27H30FNO. The van der Waals surface area contributed by atoms with Gasteiger partial charge in [0.1, 0.15) is 11.6 Å². The largest absolute Gasteiger partial charge is 0.494 e. The van der Waals surface area contributed by atoms with Gasteiger partial charge in [-0.1, -0.05) is 75.4 Å². The molecule has 0 N–H and O–H groups in total. The summed E-state index contributed by atoms with van der Waals surface area (Å²) in [4.78, 5) is 4.45. The van der Waals surface area contributed by atoms with Crippen LogP contribution in [-0.4, -0.2) is 12.8 Å². The van der Waals surface area contributed by atoms with Gasteiger partial charge in [-0.15, -0.1) is 0 Å². The van der Waals surface area contributed by atoms with Crippen molar-refractivity contribution < 1.29 is 9.13 Å². The van der Waals surface area contributed by atoms with Crippen molar-refractivity contribution in [2.75, 3.05) is 6.61 Å². The van der Waals surface area contributed by atoms with Crippen LogP contribution in [0.2, 0.25) is 0 Å². The summed E-state index contributed by atoms with van der Waals surface area (Å²) in [6.45, 7) is 3.03. The van der Waals surface area contributed by atoms with E-state index in [0.29, 0.717) is 0 Å². The SMILES string of the molecule is CCCCCCCCOc1ccc(-c2ccc(N=Cc3ccc(F)cc3)cc2)cc1. The Morgan fingerprint density at radius 3 is 2.00 bits per heavy atom. The van der Waals surface area contributed by atoms with Gasteiger partial charge in [0.25, 0.3) is 0 Å². The zero-order chi connectivity index (χ0) is 21.0. The van der Waals surface area contributed by atoms with Crippen molar-refractivity contribution in [1.82, 2.24) is 0 Å². The summed E-state index contributed by atoms with van der Waals surface area (Å²) >= 11 is 0. The Morgan fingerprint density at radius 2 is 1.33 bits per heavy atom. The van der Waals surface area contributed by atoms with Crippen LogP contribution in [0.5, 0.6) is 5.75 Å². The summed E-state index contributed by atoms with van der Waals surface area (Å²) in [6, 6.07) is 22.6. The molecule has 0 aromatic heterocycles. The summed E-state index contributed by atoms with van der Waals surface area (Å²) in [7, 11) is 0. The summed E-state index contributed by atoms with van der Waals surface area (Å²) in [5.41, 5.74) is 4.02. The maximum absolute atomic E-state index is 13.0. The number of nitrogens with zero attached hydrogens (tertiary/aromatic N) is 1. The number of unbranched alkanes of at least 4 members (excludes halogenated alkanes) is 5. The van der Waals surface area contributed by atoms with Gasteiger partial charge in [-0.2, -0.15) is 0 Å². The molecule has 3 aromatic carbocycles. The highest BCUT2D eigenvalue weighted by molar-refractivity contribution is 5.82. The minimum absolute atomic E-state index is 0.240. The van der Waals surface area contributed by atoms with Gasteiger partial charge in [-0.05, 0) is 59.5 Å². The maximum Gasteiger partial charge on any atom is 0.123 e. The van der Waals surface area contributed by atoms with Crippen molar-refractivity contribution in [3.8, 4) is 16.9 Å². The number of hydrogen-bond acceptors (Lipinski definition) is 2. The molecule has 0 amide bonds. The average Bonchev–Trinajstić information content (AvgIpc) is 2.79. The molecule has 0 spiro atoms. The van der Waals surface area contributed by atoms with E-state index in [0.717, 1.165) is 41.2 Å². The van der Waals surface area contributed by atoms with Crippen LogP contribution >= 0.6 is 0 Å². The molecule has 0 saturated carbocycles. The van der Waals surface area contributed by atoms with Gasteiger partial charge in [-0.25, -0.2) is 4.39 Å². The molecular weight excluding hydrogens is 373 g/mol. The first kappa shape index (κ1) is 21.8. The summed E-state index contributed by atoms with van der Waals surface area (Å²) in [5.74, 6) is 0.683. The van der Waals surface area contributed by atoms with E-state index in [2.05, 4.69) is 36.2 Å². The molecule has 2 nitrogen and oxygen atoms in total. The predicted octanol–water partition coefficient (Wildman–Crippen LogP) is 7.98. The third-order valence-corrected chi connectivity index (χ3v) is 5.05. The van der Waals surface area contributed by atoms with E-state index in [4.69, 9.17) is 4.74 Å². The fraction of sp³-hybridized carbons (Fsp3) is 0.296. The van der Waals surface area contributed by atoms with Gasteiger partial charge in [0.15, 0.2) is 0 Å². The van der Waals surface area contributed by atoms with Crippen LogP contribution in [0.25, 0.3) is 11.1 Å². The van der Waals surface area contributed by atoms with Crippen molar-refractivity contribution in [2.45, 2.75) is 45.4 Å². The fourth-order valence-corrected chi connectivity index (χ4v) is 3.25. The Kier molecular flexibility index (Phi) is 8.64. The lowest BCUT2D eigenvalue weighted by molar-refractivity contribution is 0.304. The number of ether oxygens (including phenoxy) is 1. The molecule has 156 valence electrons. The van der Waals surface area contributed by atoms with Crippen LogP contribution in [0, 0.1) is 5.82 Å². The second kappa shape index (κ2) is 11.9. The first-order valence-electron chi connectivity index (χ1n) is 10.9. The second-order valence-electron chi connectivity index (χ2n) is 7.50. The molecule has 0 heterocycles. The third kappa shape index (κ3) is 7.14. The number of hydrogen-bond donors (Lipinski definition) is 0. The summed E-state index contributed by atoms with van der Waals surface area (Å²) < 4.78 is 18.8. The van der Waals surface area contributed by atoms with Crippen LogP contribution in [-0.2, 0) is 0 Å². The van der Waals surface area contributed by atoms with E-state index in [-0.39, 0.29) is 5.82 Å². The second-order valence-corrected chi connectivity index (χ2v) is 7.50. The third-order valence-electron chi connectivity index (χ3n) is 5.05. The average molecular weight is 404 g/mol. The Hall–Kier alpha value is -2.94. The standard InChI is InChI=1S/C27H30FNO/c1-2-3-4-5-6-7-20-30-27-18-12-24(13-19-27)23-10-16-26(17-11-23)29-21-22-8-14-25(28)15-9-22/h8-19,21H,2-7,20H2,1H3. The Bertz CT molecular complexity index is 899. The Morgan fingerprint density at radius 1 is 0.733 bits per heavy atom. The molecule has 0 aliphatic heterocycles. The van der Waals surface area contributed by atoms with Crippen molar-refractivity contribution in [3.05, 3.63) is 84.2 Å². The van der Waals surface area contributed by atoms with Crippen LogP contribution < -0.4 is 4.74 Å². The van der Waals surface area contributed by atoms with Crippen LogP contribution in [0.4, 0.5) is 10.1 Å². The van der Waals surface area contributed by atoms with Crippen molar-refractivity contribution >= 4 is 11.9 Å². The highest BCUT2D eigenvalue weighted by atomic mass is 19.1. The predicted molar refractivity (Wildman–Crippen MR) is 124 cm³/mol. The number of aliphatic imine (C=N–C) groups is 1. The molecule has 30 heavy (non-hydrogen) atoms. The Labute approximate surface area is 179 Å². The van der Waals surface area contributed by atoms with Crippen molar-refractivity contribution in [3.63, 3.8) is 0 Å². The Balaban J connectivity index is 1.48. The normalized spacial score (nSPS) is 11.1. The smallest absolute Gasteiger partial charge is 0.123 e. The summed E-state index contributed by atoms with van der Waals surface area (Å²) in [5, 5.41) is 0. The molecule has 3 heteroatoms. The number of benzene rings is 3. The highest BCUT2D eigenvalue weighted by Crippen LogP contribution is 2.25. The molecule has 0 fully saturated rings. The molecule has 0 saturated heterocycles. The molecule has 0 radical (unpaired) electrons. The lowest BCUT2D eigenvalue weighted by Crippen LogP contribution is -1.97. The molecule has 0 unspecified atom stereocenters. The number of rotatable bonds is 11. The monoisotopic (exact) mass is 403 g/mol. The van der Waals surface area contributed by atoms with Crippen LogP contribution in [0.15, 0.2) is 77.8 Å². The molecule has 0 bridgehead atoms. The first-order chi connectivity index (χ1) is 14.7. The lowest BCUT2D eigenvalue weighted by atomic mass is 10.1. The first-order valence-corrected chi connectivity index (χ1v) is 10.9. The minimum atomic E-state index is -0.240. The van der Waals surface area contributed by atoms with Crippen molar-refractivity contribution in [1.29, 1.82) is 0 Å².